The highest BCUT2D eigenvalue weighted by molar-refractivity contribution is 8.00. The van der Waals surface area contributed by atoms with Gasteiger partial charge in [0.1, 0.15) is 0 Å². The Hall–Kier alpha value is -1.21. The molecule has 0 bridgehead atoms. The molecule has 0 aromatic heterocycles. The van der Waals surface area contributed by atoms with Gasteiger partial charge in [-0.25, -0.2) is 0 Å². The molecule has 0 unspecified atom stereocenters. The first-order valence-electron chi connectivity index (χ1n) is 5.62. The summed E-state index contributed by atoms with van der Waals surface area (Å²) in [6.45, 7) is 2.56. The Balaban J connectivity index is 2.68. The smallest absolute Gasteiger partial charge is 0.337 e. The number of rotatable bonds is 5. The average molecular weight is 292 g/mol. The minimum atomic E-state index is -4.29. The van der Waals surface area contributed by atoms with Gasteiger partial charge in [-0.1, -0.05) is 12.1 Å². The van der Waals surface area contributed by atoms with Crippen LogP contribution in [0.1, 0.15) is 12.5 Å². The Bertz CT molecular complexity index is 420. The van der Waals surface area contributed by atoms with Crippen molar-refractivity contribution in [3.63, 3.8) is 0 Å². The molecule has 0 aliphatic rings. The van der Waals surface area contributed by atoms with Gasteiger partial charge in [-0.15, -0.1) is 0 Å². The molecule has 0 saturated heterocycles. The number of nitrogens with zero attached hydrogens (tertiary/aromatic N) is 1. The number of alkyl halides is 3. The molecule has 0 atom stereocenters. The minimum absolute atomic E-state index is 0.112. The van der Waals surface area contributed by atoms with Gasteiger partial charge in [-0.2, -0.15) is 13.2 Å². The monoisotopic (exact) mass is 292 g/mol. The number of benzene rings is 1. The number of carbonyl (C=O) groups is 1. The number of amides is 1. The summed E-state index contributed by atoms with van der Waals surface area (Å²) >= 11 is -0.156. The highest BCUT2D eigenvalue weighted by Crippen LogP contribution is 2.36. The SMILES string of the molecule is CC(=O)N(CCN)Cc1ccc(SC(F)(F)F)cc1. The van der Waals surface area contributed by atoms with Crippen molar-refractivity contribution < 1.29 is 18.0 Å². The third kappa shape index (κ3) is 5.98. The molecule has 0 spiro atoms. The fraction of sp³-hybridized carbons (Fsp3) is 0.417. The first-order valence-corrected chi connectivity index (χ1v) is 6.44. The van der Waals surface area contributed by atoms with Crippen LogP contribution in [0.4, 0.5) is 13.2 Å². The molecule has 0 saturated carbocycles. The molecule has 0 aliphatic heterocycles. The van der Waals surface area contributed by atoms with Crippen LogP contribution >= 0.6 is 11.8 Å². The van der Waals surface area contributed by atoms with Gasteiger partial charge in [-0.3, -0.25) is 4.79 Å². The number of halogens is 3. The fourth-order valence-electron chi connectivity index (χ4n) is 1.52. The summed E-state index contributed by atoms with van der Waals surface area (Å²) in [5.41, 5.74) is 1.88. The molecular weight excluding hydrogens is 277 g/mol. The van der Waals surface area contributed by atoms with Crippen molar-refractivity contribution in [1.82, 2.24) is 4.90 Å². The molecule has 7 heteroatoms. The summed E-state index contributed by atoms with van der Waals surface area (Å²) in [4.78, 5) is 13.0. The van der Waals surface area contributed by atoms with Crippen molar-refractivity contribution in [2.24, 2.45) is 5.73 Å². The predicted octanol–water partition coefficient (Wildman–Crippen LogP) is 2.61. The van der Waals surface area contributed by atoms with E-state index in [1.165, 1.54) is 19.1 Å². The van der Waals surface area contributed by atoms with E-state index in [4.69, 9.17) is 5.73 Å². The minimum Gasteiger partial charge on any atom is -0.337 e. The van der Waals surface area contributed by atoms with Gasteiger partial charge >= 0.3 is 5.51 Å². The van der Waals surface area contributed by atoms with Crippen LogP contribution in [-0.4, -0.2) is 29.4 Å². The predicted molar refractivity (Wildman–Crippen MR) is 68.5 cm³/mol. The molecule has 0 fully saturated rings. The molecule has 19 heavy (non-hydrogen) atoms. The fourth-order valence-corrected chi connectivity index (χ4v) is 2.06. The summed E-state index contributed by atoms with van der Waals surface area (Å²) in [5, 5.41) is 0. The molecule has 0 radical (unpaired) electrons. The van der Waals surface area contributed by atoms with Crippen molar-refractivity contribution in [1.29, 1.82) is 0 Å². The van der Waals surface area contributed by atoms with Gasteiger partial charge in [-0.05, 0) is 29.5 Å². The lowest BCUT2D eigenvalue weighted by Gasteiger charge is -2.20. The maximum absolute atomic E-state index is 12.2. The number of carbonyl (C=O) groups excluding carboxylic acids is 1. The molecule has 1 rings (SSSR count). The van der Waals surface area contributed by atoms with E-state index in [1.54, 1.807) is 17.0 Å². The van der Waals surface area contributed by atoms with Crippen molar-refractivity contribution in [3.05, 3.63) is 29.8 Å². The summed E-state index contributed by atoms with van der Waals surface area (Å²) in [5.74, 6) is -0.112. The van der Waals surface area contributed by atoms with E-state index in [9.17, 15) is 18.0 Å². The third-order valence-electron chi connectivity index (χ3n) is 2.37. The zero-order valence-corrected chi connectivity index (χ0v) is 11.2. The van der Waals surface area contributed by atoms with E-state index in [1.807, 2.05) is 0 Å². The Morgan fingerprint density at radius 1 is 1.32 bits per heavy atom. The molecule has 1 amide bonds. The number of hydrogen-bond donors (Lipinski definition) is 1. The van der Waals surface area contributed by atoms with Gasteiger partial charge < -0.3 is 10.6 Å². The van der Waals surface area contributed by atoms with Crippen LogP contribution in [0.25, 0.3) is 0 Å². The van der Waals surface area contributed by atoms with Crippen molar-refractivity contribution in [2.75, 3.05) is 13.1 Å². The first kappa shape index (κ1) is 15.8. The van der Waals surface area contributed by atoms with Gasteiger partial charge in [0.2, 0.25) is 5.91 Å². The molecule has 0 aliphatic carbocycles. The molecule has 1 aromatic carbocycles. The number of hydrogen-bond acceptors (Lipinski definition) is 3. The van der Waals surface area contributed by atoms with Crippen molar-refractivity contribution in [3.8, 4) is 0 Å². The van der Waals surface area contributed by atoms with E-state index in [-0.39, 0.29) is 22.6 Å². The summed E-state index contributed by atoms with van der Waals surface area (Å²) in [6, 6.07) is 5.96. The highest BCUT2D eigenvalue weighted by atomic mass is 32.2. The second-order valence-corrected chi connectivity index (χ2v) is 5.06. The highest BCUT2D eigenvalue weighted by Gasteiger charge is 2.29. The van der Waals surface area contributed by atoms with Crippen molar-refractivity contribution in [2.45, 2.75) is 23.9 Å². The summed E-state index contributed by atoms with van der Waals surface area (Å²) < 4.78 is 36.5. The van der Waals surface area contributed by atoms with Gasteiger partial charge in [0, 0.05) is 31.5 Å². The number of nitrogens with two attached hydrogens (primary N) is 1. The lowest BCUT2D eigenvalue weighted by Crippen LogP contribution is -2.33. The Morgan fingerprint density at radius 2 is 1.89 bits per heavy atom. The van der Waals surface area contributed by atoms with Crippen LogP contribution in [0, 0.1) is 0 Å². The molecular formula is C12H15F3N2OS. The largest absolute Gasteiger partial charge is 0.446 e. The van der Waals surface area contributed by atoms with Gasteiger partial charge in [0.25, 0.3) is 0 Å². The molecule has 106 valence electrons. The topological polar surface area (TPSA) is 46.3 Å². The molecule has 0 heterocycles. The van der Waals surface area contributed by atoms with E-state index >= 15 is 0 Å². The normalized spacial score (nSPS) is 11.4. The number of thioether (sulfide) groups is 1. The molecule has 2 N–H and O–H groups in total. The average Bonchev–Trinajstić information content (AvgIpc) is 2.29. The van der Waals surface area contributed by atoms with Crippen LogP contribution in [0.2, 0.25) is 0 Å². The Morgan fingerprint density at radius 3 is 2.32 bits per heavy atom. The van der Waals surface area contributed by atoms with Crippen LogP contribution in [-0.2, 0) is 11.3 Å². The maximum Gasteiger partial charge on any atom is 0.446 e. The standard InChI is InChI=1S/C12H15F3N2OS/c1-9(18)17(7-6-16)8-10-2-4-11(5-3-10)19-12(13,14)15/h2-5H,6-8,16H2,1H3. The maximum atomic E-state index is 12.2. The third-order valence-corrected chi connectivity index (χ3v) is 3.11. The van der Waals surface area contributed by atoms with Gasteiger partial charge in [0.05, 0.1) is 0 Å². The van der Waals surface area contributed by atoms with E-state index in [0.29, 0.717) is 19.6 Å². The second-order valence-electron chi connectivity index (χ2n) is 3.92. The summed E-state index contributed by atoms with van der Waals surface area (Å²) in [6.07, 6.45) is 0. The van der Waals surface area contributed by atoms with E-state index in [0.717, 1.165) is 5.56 Å². The zero-order valence-electron chi connectivity index (χ0n) is 10.4. The van der Waals surface area contributed by atoms with E-state index < -0.39 is 5.51 Å². The quantitative estimate of drug-likeness (QED) is 0.849. The van der Waals surface area contributed by atoms with Crippen LogP contribution in [0.3, 0.4) is 0 Å². The van der Waals surface area contributed by atoms with Crippen LogP contribution < -0.4 is 5.73 Å². The van der Waals surface area contributed by atoms with Crippen LogP contribution in [0.5, 0.6) is 0 Å². The Kier molecular flexibility index (Phi) is 5.68. The van der Waals surface area contributed by atoms with Crippen molar-refractivity contribution >= 4 is 17.7 Å². The zero-order chi connectivity index (χ0) is 14.5. The molecule has 1 aromatic rings. The Labute approximate surface area is 114 Å². The van der Waals surface area contributed by atoms with E-state index in [2.05, 4.69) is 0 Å². The lowest BCUT2D eigenvalue weighted by molar-refractivity contribution is -0.129. The second kappa shape index (κ2) is 6.81. The van der Waals surface area contributed by atoms with Crippen LogP contribution in [0.15, 0.2) is 29.2 Å². The lowest BCUT2D eigenvalue weighted by atomic mass is 10.2. The summed E-state index contributed by atoms with van der Waals surface area (Å²) in [7, 11) is 0. The van der Waals surface area contributed by atoms with Gasteiger partial charge in [0.15, 0.2) is 0 Å². The first-order chi connectivity index (χ1) is 8.81. The molecule has 3 nitrogen and oxygen atoms in total.